The molecule has 0 unspecified atom stereocenters. The van der Waals surface area contributed by atoms with Crippen molar-refractivity contribution in [2.45, 2.75) is 9.79 Å². The molecule has 0 aliphatic heterocycles. The molecular weight excluding hydrogens is 495 g/mol. The van der Waals surface area contributed by atoms with Crippen LogP contribution in [0.4, 0.5) is 0 Å². The van der Waals surface area contributed by atoms with Crippen molar-refractivity contribution in [3.63, 3.8) is 0 Å². The zero-order chi connectivity index (χ0) is 22.4. The first-order chi connectivity index (χ1) is 15.7. The maximum Gasteiger partial charge on any atom is 0.124 e. The molecule has 0 bridgehead atoms. The van der Waals surface area contributed by atoms with Crippen LogP contribution in [0.15, 0.2) is 128 Å². The summed E-state index contributed by atoms with van der Waals surface area (Å²) in [6.07, 6.45) is 3.32. The second-order valence-electron chi connectivity index (χ2n) is 6.40. The molecule has 0 aliphatic rings. The Morgan fingerprint density at radius 2 is 0.818 bits per heavy atom. The van der Waals surface area contributed by atoms with Gasteiger partial charge < -0.3 is 10.2 Å². The minimum Gasteiger partial charge on any atom is -0.507 e. The van der Waals surface area contributed by atoms with Crippen molar-refractivity contribution in [1.82, 2.24) is 0 Å². The molecule has 0 spiro atoms. The minimum absolute atomic E-state index is 0. The van der Waals surface area contributed by atoms with Crippen LogP contribution in [0.25, 0.3) is 0 Å². The Labute approximate surface area is 212 Å². The number of hydrogen-bond donors (Lipinski definition) is 2. The standard InChI is InChI=1S/2C13H11NOS.Ni/c2*15-13-9-5-4-6-11(13)10-14-16-12-7-2-1-3-8-12;/h2*1-10,15H;. The summed E-state index contributed by atoms with van der Waals surface area (Å²) in [5.41, 5.74) is 1.46. The summed E-state index contributed by atoms with van der Waals surface area (Å²) >= 11 is 2.76. The number of benzene rings is 4. The van der Waals surface area contributed by atoms with E-state index in [0.717, 1.165) is 20.9 Å². The SMILES string of the molecule is Oc1ccccc1C=NSc1ccccc1.Oc1ccccc1C=NSc1ccccc1.[Ni]. The Morgan fingerprint density at radius 1 is 0.485 bits per heavy atom. The smallest absolute Gasteiger partial charge is 0.124 e. The van der Waals surface area contributed by atoms with E-state index >= 15 is 0 Å². The van der Waals surface area contributed by atoms with Crippen molar-refractivity contribution in [3.05, 3.63) is 120 Å². The third-order valence-corrected chi connectivity index (χ3v) is 5.45. The molecule has 4 aromatic rings. The third kappa shape index (κ3) is 9.58. The quantitative estimate of drug-likeness (QED) is 0.164. The van der Waals surface area contributed by atoms with Crippen molar-refractivity contribution < 1.29 is 26.7 Å². The number of phenolic OH excluding ortho intramolecular Hbond substituents is 2. The van der Waals surface area contributed by atoms with Gasteiger partial charge in [-0.1, -0.05) is 60.7 Å². The van der Waals surface area contributed by atoms with Gasteiger partial charge in [0.1, 0.15) is 11.5 Å². The van der Waals surface area contributed by atoms with E-state index in [-0.39, 0.29) is 28.0 Å². The molecule has 0 heterocycles. The van der Waals surface area contributed by atoms with Crippen molar-refractivity contribution >= 4 is 36.3 Å². The second-order valence-corrected chi connectivity index (χ2v) is 8.12. The normalized spacial score (nSPS) is 10.4. The summed E-state index contributed by atoms with van der Waals surface area (Å²) in [5.74, 6) is 0.500. The monoisotopic (exact) mass is 516 g/mol. The summed E-state index contributed by atoms with van der Waals surface area (Å²) in [6, 6.07) is 34.0. The number of para-hydroxylation sites is 2. The van der Waals surface area contributed by atoms with E-state index in [2.05, 4.69) is 8.80 Å². The van der Waals surface area contributed by atoms with E-state index < -0.39 is 0 Å². The van der Waals surface area contributed by atoms with Crippen molar-refractivity contribution in [2.24, 2.45) is 8.80 Å². The van der Waals surface area contributed by atoms with Gasteiger partial charge in [0.15, 0.2) is 0 Å². The van der Waals surface area contributed by atoms with E-state index in [9.17, 15) is 10.2 Å². The van der Waals surface area contributed by atoms with Gasteiger partial charge in [0.25, 0.3) is 0 Å². The molecule has 0 saturated carbocycles. The van der Waals surface area contributed by atoms with E-state index in [1.165, 1.54) is 23.9 Å². The Kier molecular flexibility index (Phi) is 11.9. The molecule has 0 saturated heterocycles. The van der Waals surface area contributed by atoms with Gasteiger partial charge >= 0.3 is 0 Å². The molecule has 0 radical (unpaired) electrons. The zero-order valence-electron chi connectivity index (χ0n) is 17.5. The molecule has 7 heteroatoms. The number of aromatic hydroxyl groups is 2. The van der Waals surface area contributed by atoms with E-state index in [4.69, 9.17) is 0 Å². The molecule has 0 aliphatic carbocycles. The van der Waals surface area contributed by atoms with Crippen LogP contribution in [-0.2, 0) is 16.5 Å². The first-order valence-corrected chi connectivity index (χ1v) is 11.3. The molecule has 4 nitrogen and oxygen atoms in total. The predicted molar refractivity (Wildman–Crippen MR) is 136 cm³/mol. The van der Waals surface area contributed by atoms with Gasteiger partial charge in [-0.25, -0.2) is 8.80 Å². The third-order valence-electron chi connectivity index (χ3n) is 4.06. The predicted octanol–water partition coefficient (Wildman–Crippen LogP) is 7.03. The van der Waals surface area contributed by atoms with Crippen LogP contribution in [0.1, 0.15) is 11.1 Å². The van der Waals surface area contributed by atoms with Gasteiger partial charge in [-0.15, -0.1) is 0 Å². The van der Waals surface area contributed by atoms with Crippen molar-refractivity contribution in [1.29, 1.82) is 0 Å². The molecule has 4 rings (SSSR count). The van der Waals surface area contributed by atoms with Gasteiger partial charge in [0.05, 0.1) is 0 Å². The molecule has 0 aromatic heterocycles. The Balaban J connectivity index is 0.000000227. The number of phenols is 2. The maximum absolute atomic E-state index is 9.51. The van der Waals surface area contributed by atoms with Crippen LogP contribution in [0.5, 0.6) is 11.5 Å². The largest absolute Gasteiger partial charge is 0.507 e. The fraction of sp³-hybridized carbons (Fsp3) is 0. The topological polar surface area (TPSA) is 65.2 Å². The summed E-state index contributed by atoms with van der Waals surface area (Å²) in [5, 5.41) is 19.0. The molecule has 4 aromatic carbocycles. The molecule has 0 amide bonds. The first-order valence-electron chi connectivity index (χ1n) is 9.79. The second kappa shape index (κ2) is 15.0. The van der Waals surface area contributed by atoms with Crippen LogP contribution in [0.3, 0.4) is 0 Å². The number of hydrogen-bond acceptors (Lipinski definition) is 6. The Morgan fingerprint density at radius 3 is 1.18 bits per heavy atom. The van der Waals surface area contributed by atoms with Crippen LogP contribution in [-0.4, -0.2) is 22.6 Å². The minimum atomic E-state index is 0. The van der Waals surface area contributed by atoms with E-state index in [1.807, 2.05) is 84.9 Å². The zero-order valence-corrected chi connectivity index (χ0v) is 20.1. The van der Waals surface area contributed by atoms with Crippen molar-refractivity contribution in [2.75, 3.05) is 0 Å². The Hall–Kier alpha value is -2.99. The van der Waals surface area contributed by atoms with Gasteiger partial charge in [0, 0.05) is 73.7 Å². The Bertz CT molecular complexity index is 1060. The summed E-state index contributed by atoms with van der Waals surface area (Å²) < 4.78 is 8.41. The molecule has 2 N–H and O–H groups in total. The first kappa shape index (κ1) is 26.3. The van der Waals surface area contributed by atoms with E-state index in [0.29, 0.717) is 0 Å². The molecule has 0 fully saturated rings. The van der Waals surface area contributed by atoms with Crippen LogP contribution >= 0.6 is 23.9 Å². The molecular formula is C26H22N2NiO2S2. The number of nitrogens with zero attached hydrogens (tertiary/aromatic N) is 2. The van der Waals surface area contributed by atoms with Crippen LogP contribution in [0, 0.1) is 0 Å². The fourth-order valence-corrected chi connectivity index (χ4v) is 3.58. The van der Waals surface area contributed by atoms with Crippen LogP contribution in [0.2, 0.25) is 0 Å². The van der Waals surface area contributed by atoms with E-state index in [1.54, 1.807) is 36.7 Å². The van der Waals surface area contributed by atoms with Crippen LogP contribution < -0.4 is 0 Å². The summed E-state index contributed by atoms with van der Waals surface area (Å²) in [7, 11) is 0. The van der Waals surface area contributed by atoms with Gasteiger partial charge in [-0.2, -0.15) is 0 Å². The number of rotatable bonds is 6. The van der Waals surface area contributed by atoms with Crippen molar-refractivity contribution in [3.8, 4) is 11.5 Å². The average Bonchev–Trinajstić information content (AvgIpc) is 2.83. The van der Waals surface area contributed by atoms with Gasteiger partial charge in [0.2, 0.25) is 0 Å². The average molecular weight is 517 g/mol. The summed E-state index contributed by atoms with van der Waals surface area (Å²) in [4.78, 5) is 2.16. The molecule has 33 heavy (non-hydrogen) atoms. The maximum atomic E-state index is 9.51. The molecule has 0 atom stereocenters. The summed E-state index contributed by atoms with van der Waals surface area (Å²) in [6.45, 7) is 0. The molecule has 170 valence electrons. The fourth-order valence-electron chi connectivity index (χ4n) is 2.44. The van der Waals surface area contributed by atoms with Gasteiger partial charge in [-0.05, 0) is 48.5 Å². The van der Waals surface area contributed by atoms with Gasteiger partial charge in [-0.3, -0.25) is 0 Å².